The highest BCUT2D eigenvalue weighted by atomic mass is 16.7. The van der Waals surface area contributed by atoms with Gasteiger partial charge in [0.15, 0.2) is 17.5 Å². The van der Waals surface area contributed by atoms with E-state index in [0.29, 0.717) is 18.8 Å². The van der Waals surface area contributed by atoms with Crippen molar-refractivity contribution < 1.29 is 14.2 Å². The van der Waals surface area contributed by atoms with Gasteiger partial charge in [-0.2, -0.15) is 0 Å². The third-order valence-electron chi connectivity index (χ3n) is 5.05. The lowest BCUT2D eigenvalue weighted by Crippen LogP contribution is -2.41. The third-order valence-corrected chi connectivity index (χ3v) is 5.05. The third kappa shape index (κ3) is 2.72. The molecule has 3 aliphatic heterocycles. The van der Waals surface area contributed by atoms with E-state index in [-0.39, 0.29) is 0 Å². The zero-order chi connectivity index (χ0) is 15.7. The van der Waals surface area contributed by atoms with E-state index in [1.165, 1.54) is 6.42 Å². The summed E-state index contributed by atoms with van der Waals surface area (Å²) in [4.78, 5) is 6.79. The van der Waals surface area contributed by atoms with Crippen LogP contribution in [0.5, 0.6) is 11.5 Å². The first-order chi connectivity index (χ1) is 11.3. The van der Waals surface area contributed by atoms with Gasteiger partial charge in [-0.15, -0.1) is 0 Å². The first-order valence-electron chi connectivity index (χ1n) is 8.21. The molecule has 2 saturated heterocycles. The van der Waals surface area contributed by atoms with Crippen LogP contribution in [0.3, 0.4) is 0 Å². The van der Waals surface area contributed by atoms with Crippen LogP contribution in [0.1, 0.15) is 18.4 Å². The number of rotatable bonds is 2. The molecule has 0 bridgehead atoms. The Morgan fingerprint density at radius 3 is 3.13 bits per heavy atom. The molecule has 3 heterocycles. The summed E-state index contributed by atoms with van der Waals surface area (Å²) in [6.45, 7) is 4.83. The Balaban J connectivity index is 1.41. The molecule has 1 spiro atoms. The summed E-state index contributed by atoms with van der Waals surface area (Å²) in [6.07, 6.45) is 2.35. The number of para-hydroxylation sites is 1. The SMILES string of the molecule is CN=C(NCc1cccc2c1OCO2)N1CCC2(CCOC2)C1. The van der Waals surface area contributed by atoms with Crippen LogP contribution < -0.4 is 14.8 Å². The van der Waals surface area contributed by atoms with Crippen LogP contribution in [-0.2, 0) is 11.3 Å². The van der Waals surface area contributed by atoms with Crippen molar-refractivity contribution in [2.75, 3.05) is 40.1 Å². The van der Waals surface area contributed by atoms with Crippen molar-refractivity contribution in [1.29, 1.82) is 0 Å². The summed E-state index contributed by atoms with van der Waals surface area (Å²) in [5, 5.41) is 3.46. The average molecular weight is 317 g/mol. The van der Waals surface area contributed by atoms with Crippen molar-refractivity contribution in [2.24, 2.45) is 10.4 Å². The molecule has 1 aromatic rings. The van der Waals surface area contributed by atoms with Gasteiger partial charge in [-0.25, -0.2) is 0 Å². The Kier molecular flexibility index (Phi) is 3.77. The molecule has 6 nitrogen and oxygen atoms in total. The fourth-order valence-corrected chi connectivity index (χ4v) is 3.72. The minimum Gasteiger partial charge on any atom is -0.454 e. The topological polar surface area (TPSA) is 55.3 Å². The summed E-state index contributed by atoms with van der Waals surface area (Å²) in [6, 6.07) is 5.99. The molecule has 0 aromatic heterocycles. The highest BCUT2D eigenvalue weighted by Crippen LogP contribution is 2.38. The second kappa shape index (κ2) is 5.92. The molecule has 0 amide bonds. The van der Waals surface area contributed by atoms with E-state index in [2.05, 4.69) is 21.3 Å². The van der Waals surface area contributed by atoms with Crippen LogP contribution in [0, 0.1) is 5.41 Å². The number of guanidine groups is 1. The monoisotopic (exact) mass is 317 g/mol. The van der Waals surface area contributed by atoms with Crippen LogP contribution in [0.15, 0.2) is 23.2 Å². The predicted molar refractivity (Wildman–Crippen MR) is 86.8 cm³/mol. The second-order valence-electron chi connectivity index (χ2n) is 6.53. The number of aliphatic imine (C=N–C) groups is 1. The molecule has 0 radical (unpaired) electrons. The Labute approximate surface area is 136 Å². The summed E-state index contributed by atoms with van der Waals surface area (Å²) >= 11 is 0. The molecular formula is C17H23N3O3. The smallest absolute Gasteiger partial charge is 0.231 e. The molecule has 1 atom stereocenters. The van der Waals surface area contributed by atoms with Gasteiger partial charge in [0.05, 0.1) is 6.61 Å². The first kappa shape index (κ1) is 14.6. The molecule has 0 aliphatic carbocycles. The zero-order valence-electron chi connectivity index (χ0n) is 13.5. The van der Waals surface area contributed by atoms with Gasteiger partial charge in [0, 0.05) is 44.3 Å². The van der Waals surface area contributed by atoms with Crippen molar-refractivity contribution >= 4 is 5.96 Å². The molecule has 0 saturated carbocycles. The van der Waals surface area contributed by atoms with Crippen LogP contribution >= 0.6 is 0 Å². The number of fused-ring (bicyclic) bond motifs is 1. The number of likely N-dealkylation sites (tertiary alicyclic amines) is 1. The van der Waals surface area contributed by atoms with Crippen molar-refractivity contribution in [1.82, 2.24) is 10.2 Å². The molecule has 1 aromatic carbocycles. The molecule has 4 rings (SSSR count). The number of nitrogens with zero attached hydrogens (tertiary/aromatic N) is 2. The van der Waals surface area contributed by atoms with E-state index < -0.39 is 0 Å². The fourth-order valence-electron chi connectivity index (χ4n) is 3.72. The molecule has 1 unspecified atom stereocenters. The van der Waals surface area contributed by atoms with Gasteiger partial charge >= 0.3 is 0 Å². The van der Waals surface area contributed by atoms with E-state index in [4.69, 9.17) is 14.2 Å². The number of ether oxygens (including phenoxy) is 3. The normalized spacial score (nSPS) is 26.3. The Hall–Kier alpha value is -1.95. The Morgan fingerprint density at radius 1 is 1.35 bits per heavy atom. The van der Waals surface area contributed by atoms with Gasteiger partial charge < -0.3 is 24.4 Å². The van der Waals surface area contributed by atoms with E-state index >= 15 is 0 Å². The predicted octanol–water partition coefficient (Wildman–Crippen LogP) is 1.60. The van der Waals surface area contributed by atoms with Crippen molar-refractivity contribution in [3.63, 3.8) is 0 Å². The van der Waals surface area contributed by atoms with Crippen LogP contribution in [-0.4, -0.2) is 51.0 Å². The molecular weight excluding hydrogens is 294 g/mol. The van der Waals surface area contributed by atoms with Gasteiger partial charge in [-0.1, -0.05) is 12.1 Å². The quantitative estimate of drug-likeness (QED) is 0.663. The molecule has 23 heavy (non-hydrogen) atoms. The summed E-state index contributed by atoms with van der Waals surface area (Å²) in [5.41, 5.74) is 1.43. The van der Waals surface area contributed by atoms with E-state index in [9.17, 15) is 0 Å². The lowest BCUT2D eigenvalue weighted by atomic mass is 9.87. The van der Waals surface area contributed by atoms with Crippen LogP contribution in [0.4, 0.5) is 0 Å². The van der Waals surface area contributed by atoms with Gasteiger partial charge in [-0.3, -0.25) is 4.99 Å². The molecule has 3 aliphatic rings. The maximum Gasteiger partial charge on any atom is 0.231 e. The molecule has 1 N–H and O–H groups in total. The largest absolute Gasteiger partial charge is 0.454 e. The lowest BCUT2D eigenvalue weighted by Gasteiger charge is -2.25. The fraction of sp³-hybridized carbons (Fsp3) is 0.588. The minimum absolute atomic E-state index is 0.301. The van der Waals surface area contributed by atoms with Crippen molar-refractivity contribution in [3.8, 4) is 11.5 Å². The highest BCUT2D eigenvalue weighted by Gasteiger charge is 2.42. The highest BCUT2D eigenvalue weighted by molar-refractivity contribution is 5.80. The van der Waals surface area contributed by atoms with Crippen LogP contribution in [0.25, 0.3) is 0 Å². The van der Waals surface area contributed by atoms with E-state index in [1.54, 1.807) is 0 Å². The van der Waals surface area contributed by atoms with Gasteiger partial charge in [0.2, 0.25) is 6.79 Å². The summed E-state index contributed by atoms with van der Waals surface area (Å²) < 4.78 is 16.6. The summed E-state index contributed by atoms with van der Waals surface area (Å²) in [7, 11) is 1.84. The van der Waals surface area contributed by atoms with Crippen LogP contribution in [0.2, 0.25) is 0 Å². The summed E-state index contributed by atoms with van der Waals surface area (Å²) in [5.74, 6) is 2.62. The molecule has 124 valence electrons. The van der Waals surface area contributed by atoms with Gasteiger partial charge in [0.25, 0.3) is 0 Å². The average Bonchev–Trinajstić information content (AvgIpc) is 3.31. The number of benzene rings is 1. The standard InChI is InChI=1S/C17H23N3O3/c1-18-16(20-7-5-17(10-20)6-8-21-11-17)19-9-13-3-2-4-14-15(13)23-12-22-14/h2-4H,5-12H2,1H3,(H,18,19). The maximum absolute atomic E-state index is 5.61. The molecule has 6 heteroatoms. The zero-order valence-corrected chi connectivity index (χ0v) is 13.5. The number of nitrogens with one attached hydrogen (secondary N) is 1. The van der Waals surface area contributed by atoms with Crippen molar-refractivity contribution in [3.05, 3.63) is 23.8 Å². The van der Waals surface area contributed by atoms with Crippen molar-refractivity contribution in [2.45, 2.75) is 19.4 Å². The maximum atomic E-state index is 5.61. The number of hydrogen-bond acceptors (Lipinski definition) is 4. The first-order valence-corrected chi connectivity index (χ1v) is 8.21. The minimum atomic E-state index is 0.301. The lowest BCUT2D eigenvalue weighted by molar-refractivity contribution is 0.156. The van der Waals surface area contributed by atoms with Gasteiger partial charge in [-0.05, 0) is 18.9 Å². The second-order valence-corrected chi connectivity index (χ2v) is 6.53. The molecule has 2 fully saturated rings. The van der Waals surface area contributed by atoms with E-state index in [1.807, 2.05) is 19.2 Å². The van der Waals surface area contributed by atoms with Gasteiger partial charge in [0.1, 0.15) is 0 Å². The van der Waals surface area contributed by atoms with E-state index in [0.717, 1.165) is 55.7 Å². The number of hydrogen-bond donors (Lipinski definition) is 1. The Morgan fingerprint density at radius 2 is 2.30 bits per heavy atom. The Bertz CT molecular complexity index is 611.